The molecule has 0 fully saturated rings. The molecule has 0 spiro atoms. The number of Topliss-reactive ketones (excluding diaryl/α,β-unsaturated/α-hetero) is 1. The Bertz CT molecular complexity index is 828. The van der Waals surface area contributed by atoms with E-state index in [-0.39, 0.29) is 11.3 Å². The molecule has 2 aromatic carbocycles. The van der Waals surface area contributed by atoms with Crippen LogP contribution in [0.25, 0.3) is 6.08 Å². The number of rotatable bonds is 5. The van der Waals surface area contributed by atoms with E-state index in [1.165, 1.54) is 18.2 Å². The van der Waals surface area contributed by atoms with Gasteiger partial charge in [0.1, 0.15) is 19.0 Å². The lowest BCUT2D eigenvalue weighted by Crippen LogP contribution is -2.17. The van der Waals surface area contributed by atoms with Gasteiger partial charge in [-0.15, -0.1) is 0 Å². The molecule has 0 unspecified atom stereocenters. The van der Waals surface area contributed by atoms with Crippen LogP contribution in [0.15, 0.2) is 48.5 Å². The van der Waals surface area contributed by atoms with Crippen molar-refractivity contribution in [1.29, 1.82) is 0 Å². The molecule has 0 N–H and O–H groups in total. The summed E-state index contributed by atoms with van der Waals surface area (Å²) in [4.78, 5) is 23.8. The Kier molecular flexibility index (Phi) is 5.09. The first-order valence-electron chi connectivity index (χ1n) is 7.66. The van der Waals surface area contributed by atoms with E-state index in [0.717, 1.165) is 6.08 Å². The fourth-order valence-electron chi connectivity index (χ4n) is 2.25. The highest BCUT2D eigenvalue weighted by Crippen LogP contribution is 2.30. The van der Waals surface area contributed by atoms with Crippen LogP contribution in [0.2, 0.25) is 0 Å². The van der Waals surface area contributed by atoms with E-state index in [9.17, 15) is 14.0 Å². The number of ether oxygens (including phenoxy) is 3. The second-order valence-electron chi connectivity index (χ2n) is 5.24. The van der Waals surface area contributed by atoms with Gasteiger partial charge >= 0.3 is 5.97 Å². The van der Waals surface area contributed by atoms with Crippen LogP contribution >= 0.6 is 0 Å². The van der Waals surface area contributed by atoms with Crippen LogP contribution in [-0.2, 0) is 9.53 Å². The van der Waals surface area contributed by atoms with Gasteiger partial charge in [0.2, 0.25) is 0 Å². The number of ketones is 1. The van der Waals surface area contributed by atoms with Gasteiger partial charge < -0.3 is 14.2 Å². The summed E-state index contributed by atoms with van der Waals surface area (Å²) in [5.74, 6) is -0.479. The van der Waals surface area contributed by atoms with Crippen molar-refractivity contribution in [2.24, 2.45) is 0 Å². The minimum Gasteiger partial charge on any atom is -0.486 e. The minimum absolute atomic E-state index is 0.262. The van der Waals surface area contributed by atoms with E-state index in [2.05, 4.69) is 0 Å². The number of halogens is 1. The molecule has 0 aliphatic carbocycles. The number of hydrogen-bond donors (Lipinski definition) is 0. The average Bonchev–Trinajstić information content (AvgIpc) is 2.65. The Morgan fingerprint density at radius 3 is 2.64 bits per heavy atom. The fourth-order valence-corrected chi connectivity index (χ4v) is 2.25. The molecule has 0 bridgehead atoms. The first kappa shape index (κ1) is 16.7. The van der Waals surface area contributed by atoms with E-state index < -0.39 is 18.4 Å². The lowest BCUT2D eigenvalue weighted by atomic mass is 10.1. The fraction of sp³-hybridized carbons (Fsp3) is 0.158. The van der Waals surface area contributed by atoms with Crippen LogP contribution in [0, 0.1) is 5.82 Å². The Morgan fingerprint density at radius 2 is 1.84 bits per heavy atom. The van der Waals surface area contributed by atoms with Gasteiger partial charge in [-0.05, 0) is 30.3 Å². The molecule has 0 saturated carbocycles. The van der Waals surface area contributed by atoms with E-state index >= 15 is 0 Å². The summed E-state index contributed by atoms with van der Waals surface area (Å²) in [5, 5.41) is 0. The van der Waals surface area contributed by atoms with Crippen LogP contribution < -0.4 is 9.47 Å². The van der Waals surface area contributed by atoms with Crippen LogP contribution in [0.5, 0.6) is 11.5 Å². The molecular weight excluding hydrogens is 327 g/mol. The van der Waals surface area contributed by atoms with Crippen molar-refractivity contribution in [1.82, 2.24) is 0 Å². The van der Waals surface area contributed by atoms with Crippen molar-refractivity contribution in [3.8, 4) is 11.5 Å². The molecule has 25 heavy (non-hydrogen) atoms. The van der Waals surface area contributed by atoms with Gasteiger partial charge in [0.25, 0.3) is 0 Å². The molecule has 6 heteroatoms. The zero-order chi connectivity index (χ0) is 17.6. The summed E-state index contributed by atoms with van der Waals surface area (Å²) in [6.07, 6.45) is 2.38. The smallest absolute Gasteiger partial charge is 0.331 e. The average molecular weight is 342 g/mol. The van der Waals surface area contributed by atoms with Gasteiger partial charge in [-0.3, -0.25) is 4.79 Å². The van der Waals surface area contributed by atoms with E-state index in [1.807, 2.05) is 0 Å². The molecule has 0 saturated heterocycles. The molecular formula is C19H15FO5. The highest BCUT2D eigenvalue weighted by molar-refractivity contribution is 5.99. The molecule has 3 rings (SSSR count). The third kappa shape index (κ3) is 4.23. The quantitative estimate of drug-likeness (QED) is 0.475. The molecule has 1 aliphatic heterocycles. The van der Waals surface area contributed by atoms with Gasteiger partial charge in [0.05, 0.1) is 0 Å². The summed E-state index contributed by atoms with van der Waals surface area (Å²) >= 11 is 0. The molecule has 2 aromatic rings. The zero-order valence-electron chi connectivity index (χ0n) is 13.2. The number of hydrogen-bond acceptors (Lipinski definition) is 5. The number of benzene rings is 2. The van der Waals surface area contributed by atoms with Crippen molar-refractivity contribution < 1.29 is 28.2 Å². The maximum atomic E-state index is 13.4. The Hall–Kier alpha value is -3.15. The third-order valence-corrected chi connectivity index (χ3v) is 3.51. The largest absolute Gasteiger partial charge is 0.486 e. The first-order chi connectivity index (χ1) is 12.1. The maximum Gasteiger partial charge on any atom is 0.331 e. The van der Waals surface area contributed by atoms with E-state index in [0.29, 0.717) is 30.3 Å². The van der Waals surface area contributed by atoms with Crippen molar-refractivity contribution in [2.45, 2.75) is 0 Å². The summed E-state index contributed by atoms with van der Waals surface area (Å²) in [6, 6.07) is 10.8. The van der Waals surface area contributed by atoms with Gasteiger partial charge in [-0.25, -0.2) is 9.18 Å². The highest BCUT2D eigenvalue weighted by atomic mass is 19.1. The molecule has 1 heterocycles. The molecule has 0 atom stereocenters. The molecule has 0 aromatic heterocycles. The number of carbonyl (C=O) groups excluding carboxylic acids is 2. The number of carbonyl (C=O) groups is 2. The SMILES string of the molecule is O=C(/C=C/c1ccccc1F)OCC(=O)c1ccc2c(c1)OCCO2. The zero-order valence-corrected chi connectivity index (χ0v) is 13.2. The molecule has 128 valence electrons. The van der Waals surface area contributed by atoms with Gasteiger partial charge in [-0.1, -0.05) is 18.2 Å². The van der Waals surface area contributed by atoms with Crippen molar-refractivity contribution in [3.63, 3.8) is 0 Å². The standard InChI is InChI=1S/C19H15FO5/c20-15-4-2-1-3-13(15)6-8-19(22)25-12-16(21)14-5-7-17-18(11-14)24-10-9-23-17/h1-8,11H,9-10,12H2/b8-6+. The molecule has 1 aliphatic rings. The van der Waals surface area contributed by atoms with Gasteiger partial charge in [0.15, 0.2) is 23.9 Å². The van der Waals surface area contributed by atoms with Gasteiger partial charge in [0, 0.05) is 17.2 Å². The second kappa shape index (κ2) is 7.61. The molecule has 5 nitrogen and oxygen atoms in total. The Balaban J connectivity index is 1.57. The van der Waals surface area contributed by atoms with Gasteiger partial charge in [-0.2, -0.15) is 0 Å². The van der Waals surface area contributed by atoms with E-state index in [1.54, 1.807) is 30.3 Å². The Morgan fingerprint density at radius 1 is 1.08 bits per heavy atom. The first-order valence-corrected chi connectivity index (χ1v) is 7.66. The maximum absolute atomic E-state index is 13.4. The summed E-state index contributed by atoms with van der Waals surface area (Å²) in [6.45, 7) is 0.465. The van der Waals surface area contributed by atoms with Crippen LogP contribution in [0.3, 0.4) is 0 Å². The molecule has 0 radical (unpaired) electrons. The lowest BCUT2D eigenvalue weighted by Gasteiger charge is -2.18. The summed E-state index contributed by atoms with van der Waals surface area (Å²) in [5.41, 5.74) is 0.618. The molecule has 0 amide bonds. The lowest BCUT2D eigenvalue weighted by molar-refractivity contribution is -0.136. The van der Waals surface area contributed by atoms with Crippen LogP contribution in [0.1, 0.15) is 15.9 Å². The van der Waals surface area contributed by atoms with Crippen molar-refractivity contribution in [2.75, 3.05) is 19.8 Å². The summed E-state index contributed by atoms with van der Waals surface area (Å²) in [7, 11) is 0. The monoisotopic (exact) mass is 342 g/mol. The second-order valence-corrected chi connectivity index (χ2v) is 5.24. The summed E-state index contributed by atoms with van der Waals surface area (Å²) < 4.78 is 29.1. The number of fused-ring (bicyclic) bond motifs is 1. The Labute approximate surface area is 143 Å². The minimum atomic E-state index is -0.728. The topological polar surface area (TPSA) is 61.8 Å². The van der Waals surface area contributed by atoms with E-state index in [4.69, 9.17) is 14.2 Å². The number of esters is 1. The predicted octanol–water partition coefficient (Wildman–Crippen LogP) is 3.04. The van der Waals surface area contributed by atoms with Crippen LogP contribution in [-0.4, -0.2) is 31.6 Å². The highest BCUT2D eigenvalue weighted by Gasteiger charge is 2.15. The predicted molar refractivity (Wildman–Crippen MR) is 88.2 cm³/mol. The van der Waals surface area contributed by atoms with Crippen molar-refractivity contribution in [3.05, 3.63) is 65.5 Å². The third-order valence-electron chi connectivity index (χ3n) is 3.51. The normalized spacial score (nSPS) is 12.8. The van der Waals surface area contributed by atoms with Crippen LogP contribution in [0.4, 0.5) is 4.39 Å². The van der Waals surface area contributed by atoms with Crippen molar-refractivity contribution >= 4 is 17.8 Å².